The molecule has 1 aliphatic heterocycles. The molecule has 1 saturated heterocycles. The molecule has 2 aromatic rings. The molecule has 2 N–H and O–H groups in total. The quantitative estimate of drug-likeness (QED) is 0.780. The van der Waals surface area contributed by atoms with Crippen LogP contribution < -0.4 is 10.6 Å². The topological polar surface area (TPSA) is 27.3 Å². The number of nitrogens with zero attached hydrogens (tertiary/aromatic N) is 1. The normalized spacial score (nSPS) is 16.0. The van der Waals surface area contributed by atoms with Gasteiger partial charge in [0, 0.05) is 36.2 Å². The summed E-state index contributed by atoms with van der Waals surface area (Å²) in [5.74, 6) is 0. The lowest BCUT2D eigenvalue weighted by atomic mass is 10.1. The van der Waals surface area contributed by atoms with Crippen LogP contribution in [0.3, 0.4) is 0 Å². The van der Waals surface area contributed by atoms with Gasteiger partial charge in [0.1, 0.15) is 0 Å². The standard InChI is InChI=1S/C19H25N3S2/c1-2-15-6-3-4-8-18(15)21-19(23)20-16-9-11-22(12-10-16)14-17-7-5-13-24-17/h3-8,13,16H,2,9-12,14H2,1H3,(H2,20,21,23). The molecule has 1 aliphatic rings. The van der Waals surface area contributed by atoms with Crippen molar-refractivity contribution in [3.8, 4) is 0 Å². The van der Waals surface area contributed by atoms with Gasteiger partial charge in [-0.05, 0) is 54.6 Å². The molecule has 128 valence electrons. The number of para-hydroxylation sites is 1. The van der Waals surface area contributed by atoms with Crippen LogP contribution in [0.5, 0.6) is 0 Å². The molecular formula is C19H25N3S2. The van der Waals surface area contributed by atoms with Crippen molar-refractivity contribution in [3.63, 3.8) is 0 Å². The van der Waals surface area contributed by atoms with Gasteiger partial charge in [-0.25, -0.2) is 0 Å². The average Bonchev–Trinajstić information content (AvgIpc) is 3.10. The Morgan fingerprint density at radius 1 is 1.21 bits per heavy atom. The van der Waals surface area contributed by atoms with Crippen molar-refractivity contribution in [1.82, 2.24) is 10.2 Å². The second-order valence-corrected chi connectivity index (χ2v) is 7.68. The van der Waals surface area contributed by atoms with Crippen LogP contribution in [0.15, 0.2) is 41.8 Å². The van der Waals surface area contributed by atoms with E-state index in [0.29, 0.717) is 6.04 Å². The number of aryl methyl sites for hydroxylation is 1. The lowest BCUT2D eigenvalue weighted by Gasteiger charge is -2.32. The number of hydrogen-bond acceptors (Lipinski definition) is 3. The summed E-state index contributed by atoms with van der Waals surface area (Å²) in [5.41, 5.74) is 2.42. The van der Waals surface area contributed by atoms with Gasteiger partial charge in [-0.15, -0.1) is 11.3 Å². The fraction of sp³-hybridized carbons (Fsp3) is 0.421. The minimum Gasteiger partial charge on any atom is -0.360 e. The molecule has 0 saturated carbocycles. The van der Waals surface area contributed by atoms with Crippen LogP contribution in [0.1, 0.15) is 30.2 Å². The highest BCUT2D eigenvalue weighted by Gasteiger charge is 2.20. The molecule has 0 radical (unpaired) electrons. The summed E-state index contributed by atoms with van der Waals surface area (Å²) in [6, 6.07) is 13.2. The summed E-state index contributed by atoms with van der Waals surface area (Å²) in [6.45, 7) is 5.50. The van der Waals surface area contributed by atoms with Crippen LogP contribution in [0.4, 0.5) is 5.69 Å². The van der Waals surface area contributed by atoms with Crippen LogP contribution in [0.2, 0.25) is 0 Å². The fourth-order valence-electron chi connectivity index (χ4n) is 3.15. The van der Waals surface area contributed by atoms with Crippen molar-refractivity contribution in [2.45, 2.75) is 38.8 Å². The molecule has 0 bridgehead atoms. The van der Waals surface area contributed by atoms with Crippen molar-refractivity contribution < 1.29 is 0 Å². The van der Waals surface area contributed by atoms with Crippen LogP contribution in [0.25, 0.3) is 0 Å². The largest absolute Gasteiger partial charge is 0.360 e. The van der Waals surface area contributed by atoms with Gasteiger partial charge in [-0.1, -0.05) is 31.2 Å². The Morgan fingerprint density at radius 2 is 2.00 bits per heavy atom. The zero-order valence-corrected chi connectivity index (χ0v) is 15.8. The summed E-state index contributed by atoms with van der Waals surface area (Å²) < 4.78 is 0. The number of rotatable bonds is 5. The maximum Gasteiger partial charge on any atom is 0.171 e. The van der Waals surface area contributed by atoms with Gasteiger partial charge < -0.3 is 10.6 Å². The number of benzene rings is 1. The molecule has 2 heterocycles. The molecule has 5 heteroatoms. The average molecular weight is 360 g/mol. The van der Waals surface area contributed by atoms with Gasteiger partial charge in [0.25, 0.3) is 0 Å². The van der Waals surface area contributed by atoms with Crippen LogP contribution in [-0.4, -0.2) is 29.1 Å². The third kappa shape index (κ3) is 4.79. The van der Waals surface area contributed by atoms with Gasteiger partial charge >= 0.3 is 0 Å². The van der Waals surface area contributed by atoms with Crippen molar-refractivity contribution in [1.29, 1.82) is 0 Å². The molecule has 0 aliphatic carbocycles. The second-order valence-electron chi connectivity index (χ2n) is 6.24. The maximum absolute atomic E-state index is 5.51. The first-order chi connectivity index (χ1) is 11.7. The van der Waals surface area contributed by atoms with E-state index in [0.717, 1.165) is 49.7 Å². The third-order valence-electron chi connectivity index (χ3n) is 4.53. The first-order valence-corrected chi connectivity index (χ1v) is 9.93. The van der Waals surface area contributed by atoms with Crippen LogP contribution in [0, 0.1) is 0 Å². The van der Waals surface area contributed by atoms with E-state index in [2.05, 4.69) is 58.2 Å². The molecule has 1 aromatic carbocycles. The van der Waals surface area contributed by atoms with E-state index < -0.39 is 0 Å². The van der Waals surface area contributed by atoms with Gasteiger partial charge in [-0.2, -0.15) is 0 Å². The summed E-state index contributed by atoms with van der Waals surface area (Å²) in [5, 5.41) is 9.76. The van der Waals surface area contributed by atoms with E-state index in [1.54, 1.807) is 0 Å². The highest BCUT2D eigenvalue weighted by atomic mass is 32.1. The highest BCUT2D eigenvalue weighted by Crippen LogP contribution is 2.18. The SMILES string of the molecule is CCc1ccccc1NC(=S)NC1CCN(Cc2cccs2)CC1. The zero-order valence-electron chi connectivity index (χ0n) is 14.1. The lowest BCUT2D eigenvalue weighted by molar-refractivity contribution is 0.201. The molecule has 0 spiro atoms. The Balaban J connectivity index is 1.44. The van der Waals surface area contributed by atoms with Crippen LogP contribution >= 0.6 is 23.6 Å². The molecule has 1 aromatic heterocycles. The number of nitrogens with one attached hydrogen (secondary N) is 2. The molecular weight excluding hydrogens is 334 g/mol. The smallest absolute Gasteiger partial charge is 0.171 e. The highest BCUT2D eigenvalue weighted by molar-refractivity contribution is 7.80. The summed E-state index contributed by atoms with van der Waals surface area (Å²) >= 11 is 7.36. The second kappa shape index (κ2) is 8.60. The maximum atomic E-state index is 5.51. The van der Waals surface area contributed by atoms with Crippen molar-refractivity contribution >= 4 is 34.4 Å². The van der Waals surface area contributed by atoms with Crippen LogP contribution in [-0.2, 0) is 13.0 Å². The molecule has 24 heavy (non-hydrogen) atoms. The van der Waals surface area contributed by atoms with E-state index >= 15 is 0 Å². The number of thiophene rings is 1. The predicted molar refractivity (Wildman–Crippen MR) is 108 cm³/mol. The molecule has 1 fully saturated rings. The number of hydrogen-bond donors (Lipinski definition) is 2. The lowest BCUT2D eigenvalue weighted by Crippen LogP contribution is -2.45. The third-order valence-corrected chi connectivity index (χ3v) is 5.61. The van der Waals surface area contributed by atoms with Crippen molar-refractivity contribution in [3.05, 3.63) is 52.2 Å². The Morgan fingerprint density at radius 3 is 2.71 bits per heavy atom. The van der Waals surface area contributed by atoms with Gasteiger partial charge in [0.15, 0.2) is 5.11 Å². The van der Waals surface area contributed by atoms with Crippen molar-refractivity contribution in [2.75, 3.05) is 18.4 Å². The summed E-state index contributed by atoms with van der Waals surface area (Å²) in [6.07, 6.45) is 3.29. The minimum atomic E-state index is 0.471. The summed E-state index contributed by atoms with van der Waals surface area (Å²) in [7, 11) is 0. The monoisotopic (exact) mass is 359 g/mol. The van der Waals surface area contributed by atoms with E-state index in [-0.39, 0.29) is 0 Å². The molecule has 3 nitrogen and oxygen atoms in total. The van der Waals surface area contributed by atoms with Gasteiger partial charge in [0.05, 0.1) is 0 Å². The zero-order chi connectivity index (χ0) is 16.8. The number of piperidine rings is 1. The Hall–Kier alpha value is -1.43. The Kier molecular flexibility index (Phi) is 6.24. The fourth-order valence-corrected chi connectivity index (χ4v) is 4.18. The van der Waals surface area contributed by atoms with E-state index in [9.17, 15) is 0 Å². The Labute approximate surface area is 154 Å². The van der Waals surface area contributed by atoms with E-state index in [1.165, 1.54) is 10.4 Å². The molecule has 3 rings (SSSR count). The number of likely N-dealkylation sites (tertiary alicyclic amines) is 1. The first-order valence-electron chi connectivity index (χ1n) is 8.64. The Bertz CT molecular complexity index is 646. The van der Waals surface area contributed by atoms with Gasteiger partial charge in [-0.3, -0.25) is 4.90 Å². The van der Waals surface area contributed by atoms with E-state index in [1.807, 2.05) is 17.4 Å². The predicted octanol–water partition coefficient (Wildman–Crippen LogP) is 4.26. The van der Waals surface area contributed by atoms with E-state index in [4.69, 9.17) is 12.2 Å². The van der Waals surface area contributed by atoms with Crippen molar-refractivity contribution in [2.24, 2.45) is 0 Å². The molecule has 0 amide bonds. The minimum absolute atomic E-state index is 0.471. The number of thiocarbonyl (C=S) groups is 1. The number of anilines is 1. The summed E-state index contributed by atoms with van der Waals surface area (Å²) in [4.78, 5) is 3.99. The first kappa shape index (κ1) is 17.4. The van der Waals surface area contributed by atoms with Gasteiger partial charge in [0.2, 0.25) is 0 Å². The molecule has 0 atom stereocenters. The molecule has 0 unspecified atom stereocenters.